The summed E-state index contributed by atoms with van der Waals surface area (Å²) < 4.78 is 50.5. The fourth-order valence-electron chi connectivity index (χ4n) is 3.74. The summed E-state index contributed by atoms with van der Waals surface area (Å²) in [5.74, 6) is 0.320. The van der Waals surface area contributed by atoms with E-state index in [1.54, 1.807) is 55.5 Å². The molecule has 1 atom stereocenters. The van der Waals surface area contributed by atoms with Gasteiger partial charge < -0.3 is 19.7 Å². The number of nitrogens with one attached hydrogen (secondary N) is 1. The maximum atomic E-state index is 13.1. The maximum Gasteiger partial charge on any atom is 0.416 e. The lowest BCUT2D eigenvalue weighted by Crippen LogP contribution is -2.37. The quantitative estimate of drug-likeness (QED) is 0.533. The van der Waals surface area contributed by atoms with Gasteiger partial charge in [-0.1, -0.05) is 30.3 Å². The third-order valence-corrected chi connectivity index (χ3v) is 5.41. The van der Waals surface area contributed by atoms with Gasteiger partial charge in [0.15, 0.2) is 12.7 Å². The fraction of sp³-hybridized carbons (Fsp3) is 0.231. The van der Waals surface area contributed by atoms with Crippen LogP contribution in [0.1, 0.15) is 23.6 Å². The molecule has 0 saturated carbocycles. The van der Waals surface area contributed by atoms with E-state index < -0.39 is 17.8 Å². The van der Waals surface area contributed by atoms with Gasteiger partial charge in [0.25, 0.3) is 11.8 Å². The number of hydrogen-bond acceptors (Lipinski definition) is 4. The molecule has 0 aliphatic carbocycles. The van der Waals surface area contributed by atoms with E-state index in [-0.39, 0.29) is 31.5 Å². The van der Waals surface area contributed by atoms with E-state index >= 15 is 0 Å². The average molecular weight is 484 g/mol. The van der Waals surface area contributed by atoms with E-state index in [0.717, 1.165) is 12.1 Å². The van der Waals surface area contributed by atoms with Gasteiger partial charge in [-0.05, 0) is 55.0 Å². The van der Waals surface area contributed by atoms with Gasteiger partial charge in [-0.15, -0.1) is 0 Å². The number of carbonyl (C=O) groups excluding carboxylic acids is 2. The molecule has 1 unspecified atom stereocenters. The number of fused-ring (bicyclic) bond motifs is 1. The Morgan fingerprint density at radius 1 is 1.09 bits per heavy atom. The second-order valence-corrected chi connectivity index (χ2v) is 8.12. The van der Waals surface area contributed by atoms with Crippen LogP contribution in [0.4, 0.5) is 18.9 Å². The van der Waals surface area contributed by atoms with Crippen molar-refractivity contribution in [2.75, 3.05) is 11.9 Å². The van der Waals surface area contributed by atoms with Gasteiger partial charge in [0.2, 0.25) is 0 Å². The molecule has 0 radical (unpaired) electrons. The van der Waals surface area contributed by atoms with Crippen molar-refractivity contribution in [3.63, 3.8) is 0 Å². The molecule has 3 aromatic rings. The minimum absolute atomic E-state index is 0.0165. The van der Waals surface area contributed by atoms with Crippen molar-refractivity contribution in [1.29, 1.82) is 0 Å². The van der Waals surface area contributed by atoms with Crippen LogP contribution >= 0.6 is 0 Å². The molecule has 182 valence electrons. The molecule has 0 bridgehead atoms. The fourth-order valence-corrected chi connectivity index (χ4v) is 3.74. The number of hydrogen-bond donors (Lipinski definition) is 1. The molecule has 35 heavy (non-hydrogen) atoms. The number of ether oxygens (including phenoxy) is 2. The molecule has 0 spiro atoms. The second kappa shape index (κ2) is 10.1. The Morgan fingerprint density at radius 2 is 1.86 bits per heavy atom. The summed E-state index contributed by atoms with van der Waals surface area (Å²) >= 11 is 0. The minimum atomic E-state index is -4.47. The highest BCUT2D eigenvalue weighted by atomic mass is 19.4. The summed E-state index contributed by atoms with van der Waals surface area (Å²) in [6.45, 7) is 1.50. The van der Waals surface area contributed by atoms with E-state index in [4.69, 9.17) is 9.47 Å². The largest absolute Gasteiger partial charge is 0.484 e. The summed E-state index contributed by atoms with van der Waals surface area (Å²) in [6.07, 6.45) is -5.29. The first-order chi connectivity index (χ1) is 16.7. The van der Waals surface area contributed by atoms with Crippen LogP contribution in [0.5, 0.6) is 11.5 Å². The third-order valence-electron chi connectivity index (χ3n) is 5.41. The normalized spacial score (nSPS) is 15.6. The number of alkyl halides is 3. The predicted molar refractivity (Wildman–Crippen MR) is 123 cm³/mol. The highest BCUT2D eigenvalue weighted by Crippen LogP contribution is 2.32. The lowest BCUT2D eigenvalue weighted by molar-refractivity contribution is -0.138. The number of benzene rings is 3. The van der Waals surface area contributed by atoms with E-state index in [9.17, 15) is 22.8 Å². The van der Waals surface area contributed by atoms with E-state index in [0.29, 0.717) is 28.3 Å². The van der Waals surface area contributed by atoms with Crippen LogP contribution in [0, 0.1) is 0 Å². The smallest absolute Gasteiger partial charge is 0.416 e. The lowest BCUT2D eigenvalue weighted by atomic mass is 10.1. The van der Waals surface area contributed by atoms with Gasteiger partial charge >= 0.3 is 6.18 Å². The van der Waals surface area contributed by atoms with Crippen LogP contribution in [0.25, 0.3) is 0 Å². The third kappa shape index (κ3) is 6.11. The van der Waals surface area contributed by atoms with Gasteiger partial charge in [-0.2, -0.15) is 13.2 Å². The van der Waals surface area contributed by atoms with Crippen molar-refractivity contribution >= 4 is 17.5 Å². The Hall–Kier alpha value is -4.01. The number of carbonyl (C=O) groups is 2. The first-order valence-electron chi connectivity index (χ1n) is 10.9. The Morgan fingerprint density at radius 3 is 2.60 bits per heavy atom. The summed E-state index contributed by atoms with van der Waals surface area (Å²) in [5, 5.41) is 2.75. The van der Waals surface area contributed by atoms with Crippen molar-refractivity contribution < 1.29 is 32.2 Å². The highest BCUT2D eigenvalue weighted by molar-refractivity contribution is 5.92. The zero-order valence-electron chi connectivity index (χ0n) is 18.8. The number of nitrogens with zero attached hydrogens (tertiary/aromatic N) is 1. The topological polar surface area (TPSA) is 67.9 Å². The molecule has 3 aromatic carbocycles. The van der Waals surface area contributed by atoms with E-state index in [1.807, 2.05) is 6.07 Å². The molecule has 1 aliphatic heterocycles. The summed E-state index contributed by atoms with van der Waals surface area (Å²) in [7, 11) is 0. The molecule has 0 aromatic heterocycles. The number of rotatable bonds is 6. The summed E-state index contributed by atoms with van der Waals surface area (Å²) in [4.78, 5) is 26.6. The predicted octanol–water partition coefficient (Wildman–Crippen LogP) is 5.03. The molecule has 0 saturated heterocycles. The first kappa shape index (κ1) is 24.1. The maximum absolute atomic E-state index is 13.1. The van der Waals surface area contributed by atoms with Crippen LogP contribution in [-0.4, -0.2) is 29.4 Å². The van der Waals surface area contributed by atoms with E-state index in [1.165, 1.54) is 11.0 Å². The molecule has 0 fully saturated rings. The Balaban J connectivity index is 1.48. The zero-order valence-corrected chi connectivity index (χ0v) is 18.8. The zero-order chi connectivity index (χ0) is 25.0. The molecule has 9 heteroatoms. The van der Waals surface area contributed by atoms with Crippen LogP contribution in [0.2, 0.25) is 0 Å². The van der Waals surface area contributed by atoms with Crippen molar-refractivity contribution in [3.05, 3.63) is 89.5 Å². The molecular weight excluding hydrogens is 461 g/mol. The molecule has 6 nitrogen and oxygen atoms in total. The van der Waals surface area contributed by atoms with Gasteiger partial charge in [0, 0.05) is 24.3 Å². The second-order valence-electron chi connectivity index (χ2n) is 8.12. The number of amides is 2. The SMILES string of the molecule is CC1Oc2ccc(NC(=O)COc3ccccc3)cc2CN(Cc2cccc(C(F)(F)F)c2)C1=O. The van der Waals surface area contributed by atoms with Crippen LogP contribution < -0.4 is 14.8 Å². The molecule has 2 amide bonds. The number of para-hydroxylation sites is 1. The summed E-state index contributed by atoms with van der Waals surface area (Å²) in [5.41, 5.74) is 0.683. The first-order valence-corrected chi connectivity index (χ1v) is 10.9. The average Bonchev–Trinajstić information content (AvgIpc) is 2.94. The Kier molecular flexibility index (Phi) is 6.95. The monoisotopic (exact) mass is 484 g/mol. The van der Waals surface area contributed by atoms with Gasteiger partial charge in [-0.25, -0.2) is 0 Å². The molecule has 1 aliphatic rings. The van der Waals surface area contributed by atoms with Crippen LogP contribution in [0.15, 0.2) is 72.8 Å². The van der Waals surface area contributed by atoms with Gasteiger partial charge in [0.1, 0.15) is 11.5 Å². The van der Waals surface area contributed by atoms with Crippen molar-refractivity contribution in [2.45, 2.75) is 32.3 Å². The van der Waals surface area contributed by atoms with E-state index in [2.05, 4.69) is 5.32 Å². The summed E-state index contributed by atoms with van der Waals surface area (Å²) in [6, 6.07) is 18.8. The molecular formula is C26H23F3N2O4. The molecule has 1 heterocycles. The Labute approximate surface area is 200 Å². The molecule has 4 rings (SSSR count). The van der Waals surface area contributed by atoms with Gasteiger partial charge in [0.05, 0.1) is 5.56 Å². The highest BCUT2D eigenvalue weighted by Gasteiger charge is 2.32. The number of anilines is 1. The minimum Gasteiger partial charge on any atom is -0.484 e. The Bertz CT molecular complexity index is 1210. The van der Waals surface area contributed by atoms with Crippen molar-refractivity contribution in [3.8, 4) is 11.5 Å². The van der Waals surface area contributed by atoms with Crippen LogP contribution in [0.3, 0.4) is 0 Å². The standard InChI is InChI=1S/C26H23F3N2O4/c1-17-25(33)31(14-18-6-5-7-20(12-18)26(27,28)29)15-19-13-21(10-11-23(19)35-17)30-24(32)16-34-22-8-3-2-4-9-22/h2-13,17H,14-16H2,1H3,(H,30,32). The van der Waals surface area contributed by atoms with Crippen molar-refractivity contribution in [2.24, 2.45) is 0 Å². The van der Waals surface area contributed by atoms with Crippen molar-refractivity contribution in [1.82, 2.24) is 4.90 Å². The molecule has 1 N–H and O–H groups in total. The lowest BCUT2D eigenvalue weighted by Gasteiger charge is -2.22. The van der Waals surface area contributed by atoms with Crippen LogP contribution in [-0.2, 0) is 28.9 Å². The number of halogens is 3. The van der Waals surface area contributed by atoms with Gasteiger partial charge in [-0.3, -0.25) is 9.59 Å².